The molecule has 0 N–H and O–H groups in total. The molecule has 1 fully saturated rings. The molecule has 19 heavy (non-hydrogen) atoms. The van der Waals surface area contributed by atoms with E-state index < -0.39 is 42.6 Å². The Morgan fingerprint density at radius 2 is 1.00 bits per heavy atom. The Morgan fingerprint density at radius 1 is 0.632 bits per heavy atom. The van der Waals surface area contributed by atoms with E-state index in [1.807, 2.05) is 0 Å². The maximum atomic E-state index is 12.7. The predicted octanol–water partition coefficient (Wildman–Crippen LogP) is 3.49. The molecular formula is C7H3F11O. The van der Waals surface area contributed by atoms with Crippen molar-refractivity contribution in [1.82, 2.24) is 0 Å². The summed E-state index contributed by atoms with van der Waals surface area (Å²) in [5.41, 5.74) is 0. The number of epoxide rings is 1. The van der Waals surface area contributed by atoms with Gasteiger partial charge in [0.1, 0.15) is 0 Å². The zero-order valence-corrected chi connectivity index (χ0v) is 8.35. The van der Waals surface area contributed by atoms with Gasteiger partial charge in [-0.2, -0.15) is 48.3 Å². The molecule has 1 aliphatic heterocycles. The third-order valence-corrected chi connectivity index (χ3v) is 2.30. The van der Waals surface area contributed by atoms with E-state index in [0.717, 1.165) is 0 Å². The normalized spacial score (nSPS) is 22.6. The van der Waals surface area contributed by atoms with Crippen LogP contribution >= 0.6 is 0 Å². The molecule has 0 aliphatic carbocycles. The lowest BCUT2D eigenvalue weighted by atomic mass is 9.96. The van der Waals surface area contributed by atoms with Crippen LogP contribution < -0.4 is 0 Å². The number of rotatable bonds is 4. The lowest BCUT2D eigenvalue weighted by molar-refractivity contribution is -0.423. The maximum Gasteiger partial charge on any atom is 0.460 e. The van der Waals surface area contributed by atoms with Crippen molar-refractivity contribution in [3.8, 4) is 0 Å². The van der Waals surface area contributed by atoms with Crippen molar-refractivity contribution in [2.24, 2.45) is 0 Å². The van der Waals surface area contributed by atoms with Gasteiger partial charge in [-0.3, -0.25) is 0 Å². The van der Waals surface area contributed by atoms with Gasteiger partial charge in [0.2, 0.25) is 0 Å². The topological polar surface area (TPSA) is 12.5 Å². The van der Waals surface area contributed by atoms with E-state index in [1.54, 1.807) is 0 Å². The number of halogens is 11. The first kappa shape index (κ1) is 16.2. The molecule has 0 amide bonds. The molecule has 0 aromatic heterocycles. The molecule has 12 heteroatoms. The minimum Gasteiger partial charge on any atom is -0.366 e. The minimum atomic E-state index is -7.34. The zero-order chi connectivity index (χ0) is 15.5. The van der Waals surface area contributed by atoms with Crippen LogP contribution in [-0.2, 0) is 4.74 Å². The molecule has 114 valence electrons. The van der Waals surface area contributed by atoms with Gasteiger partial charge in [0.05, 0.1) is 6.61 Å². The number of hydrogen-bond acceptors (Lipinski definition) is 1. The van der Waals surface area contributed by atoms with E-state index in [2.05, 4.69) is 4.74 Å². The van der Waals surface area contributed by atoms with Crippen LogP contribution in [0.15, 0.2) is 0 Å². The van der Waals surface area contributed by atoms with Crippen molar-refractivity contribution in [3.05, 3.63) is 0 Å². The monoisotopic (exact) mass is 312 g/mol. The Hall–Kier alpha value is -0.810. The second kappa shape index (κ2) is 3.85. The number of alkyl halides is 11. The molecule has 0 aromatic rings. The molecule has 0 radical (unpaired) electrons. The first-order chi connectivity index (χ1) is 8.11. The van der Waals surface area contributed by atoms with Crippen molar-refractivity contribution < 1.29 is 53.0 Å². The van der Waals surface area contributed by atoms with Gasteiger partial charge in [-0.15, -0.1) is 0 Å². The summed E-state index contributed by atoms with van der Waals surface area (Å²) in [7, 11) is 0. The average molecular weight is 312 g/mol. The van der Waals surface area contributed by atoms with Crippen LogP contribution in [0.3, 0.4) is 0 Å². The summed E-state index contributed by atoms with van der Waals surface area (Å²) in [4.78, 5) is 0. The Balaban J connectivity index is 3.25. The summed E-state index contributed by atoms with van der Waals surface area (Å²) < 4.78 is 139. The fourth-order valence-electron chi connectivity index (χ4n) is 1.04. The standard InChI is InChI=1S/C7H3F11O/c8-3(9,2-1-19-2)4(10,11)5(12,13)6(14,15)7(16,17)18/h2H,1H2. The summed E-state index contributed by atoms with van der Waals surface area (Å²) >= 11 is 0. The lowest BCUT2D eigenvalue weighted by Gasteiger charge is -2.36. The summed E-state index contributed by atoms with van der Waals surface area (Å²) in [5.74, 6) is -27.5. The second-order valence-electron chi connectivity index (χ2n) is 3.67. The molecule has 1 atom stereocenters. The number of hydrogen-bond donors (Lipinski definition) is 0. The highest BCUT2D eigenvalue weighted by atomic mass is 19.4. The van der Waals surface area contributed by atoms with Crippen LogP contribution in [0.4, 0.5) is 48.3 Å². The van der Waals surface area contributed by atoms with Gasteiger partial charge >= 0.3 is 29.9 Å². The molecule has 1 nitrogen and oxygen atoms in total. The summed E-state index contributed by atoms with van der Waals surface area (Å²) in [6.07, 6.45) is -9.96. The average Bonchev–Trinajstić information content (AvgIpc) is 2.97. The van der Waals surface area contributed by atoms with E-state index in [-0.39, 0.29) is 0 Å². The van der Waals surface area contributed by atoms with Crippen LogP contribution in [0.2, 0.25) is 0 Å². The van der Waals surface area contributed by atoms with Crippen molar-refractivity contribution in [2.45, 2.75) is 36.0 Å². The SMILES string of the molecule is FC(F)(F)C(F)(F)C(F)(F)C(F)(F)C(F)(F)C1CO1. The van der Waals surface area contributed by atoms with Crippen LogP contribution in [0.25, 0.3) is 0 Å². The van der Waals surface area contributed by atoms with Crippen LogP contribution in [0, 0.1) is 0 Å². The minimum absolute atomic E-state index is 1.16. The van der Waals surface area contributed by atoms with Crippen molar-refractivity contribution in [3.63, 3.8) is 0 Å². The molecule has 1 aliphatic rings. The van der Waals surface area contributed by atoms with Gasteiger partial charge in [0, 0.05) is 0 Å². The van der Waals surface area contributed by atoms with Crippen molar-refractivity contribution in [2.75, 3.05) is 6.61 Å². The molecule has 1 rings (SSSR count). The predicted molar refractivity (Wildman–Crippen MR) is 35.6 cm³/mol. The molecule has 0 aromatic carbocycles. The second-order valence-corrected chi connectivity index (χ2v) is 3.67. The van der Waals surface area contributed by atoms with Gasteiger partial charge in [-0.25, -0.2) is 0 Å². The molecule has 0 saturated carbocycles. The summed E-state index contributed by atoms with van der Waals surface area (Å²) in [5, 5.41) is 0. The van der Waals surface area contributed by atoms with Gasteiger partial charge in [0.15, 0.2) is 6.10 Å². The Bertz CT molecular complexity index is 353. The van der Waals surface area contributed by atoms with E-state index in [9.17, 15) is 48.3 Å². The van der Waals surface area contributed by atoms with Crippen LogP contribution in [0.5, 0.6) is 0 Å². The third-order valence-electron chi connectivity index (χ3n) is 2.30. The van der Waals surface area contributed by atoms with Crippen LogP contribution in [0.1, 0.15) is 0 Å². The molecule has 0 spiro atoms. The lowest BCUT2D eigenvalue weighted by Crippen LogP contribution is -2.67. The Kier molecular flexibility index (Phi) is 3.30. The largest absolute Gasteiger partial charge is 0.460 e. The van der Waals surface area contributed by atoms with Crippen molar-refractivity contribution in [1.29, 1.82) is 0 Å². The summed E-state index contributed by atoms with van der Waals surface area (Å²) in [6.45, 7) is -1.16. The fraction of sp³-hybridized carbons (Fsp3) is 1.00. The van der Waals surface area contributed by atoms with E-state index >= 15 is 0 Å². The quantitative estimate of drug-likeness (QED) is 0.572. The highest BCUT2D eigenvalue weighted by Gasteiger charge is 2.88. The van der Waals surface area contributed by atoms with Crippen LogP contribution in [-0.4, -0.2) is 42.6 Å². The Morgan fingerprint density at radius 3 is 1.26 bits per heavy atom. The maximum absolute atomic E-state index is 12.7. The van der Waals surface area contributed by atoms with Gasteiger partial charge in [0.25, 0.3) is 0 Å². The first-order valence-corrected chi connectivity index (χ1v) is 4.30. The molecular weight excluding hydrogens is 309 g/mol. The van der Waals surface area contributed by atoms with Gasteiger partial charge < -0.3 is 4.74 Å². The summed E-state index contributed by atoms with van der Waals surface area (Å²) in [6, 6.07) is 0. The highest BCUT2D eigenvalue weighted by molar-refractivity contribution is 5.10. The highest BCUT2D eigenvalue weighted by Crippen LogP contribution is 2.59. The fourth-order valence-corrected chi connectivity index (χ4v) is 1.04. The first-order valence-electron chi connectivity index (χ1n) is 4.30. The molecule has 1 heterocycles. The molecule has 1 unspecified atom stereocenters. The third kappa shape index (κ3) is 2.03. The van der Waals surface area contributed by atoms with E-state index in [1.165, 1.54) is 0 Å². The van der Waals surface area contributed by atoms with Crippen molar-refractivity contribution >= 4 is 0 Å². The zero-order valence-electron chi connectivity index (χ0n) is 8.35. The molecule has 1 saturated heterocycles. The van der Waals surface area contributed by atoms with E-state index in [0.29, 0.717) is 0 Å². The van der Waals surface area contributed by atoms with Gasteiger partial charge in [-0.05, 0) is 0 Å². The Labute approximate surface area is 96.9 Å². The smallest absolute Gasteiger partial charge is 0.366 e. The van der Waals surface area contributed by atoms with Gasteiger partial charge in [-0.1, -0.05) is 0 Å². The number of ether oxygens (including phenoxy) is 1. The molecule has 0 bridgehead atoms. The van der Waals surface area contributed by atoms with E-state index in [4.69, 9.17) is 0 Å².